The van der Waals surface area contributed by atoms with Gasteiger partial charge < -0.3 is 9.47 Å². The smallest absolute Gasteiger partial charge is 0.332 e. The van der Waals surface area contributed by atoms with Crippen LogP contribution in [0.15, 0.2) is 30.3 Å². The summed E-state index contributed by atoms with van der Waals surface area (Å²) < 4.78 is 14.5. The second kappa shape index (κ2) is 11.1. The van der Waals surface area contributed by atoms with Crippen LogP contribution in [-0.4, -0.2) is 34.6 Å². The molecule has 1 aromatic carbocycles. The van der Waals surface area contributed by atoms with Gasteiger partial charge in [-0.05, 0) is 86.8 Å². The summed E-state index contributed by atoms with van der Waals surface area (Å²) in [5, 5.41) is 5.05. The molecule has 2 aromatic rings. The molecule has 1 aliphatic carbocycles. The summed E-state index contributed by atoms with van der Waals surface area (Å²) in [7, 11) is 0. The van der Waals surface area contributed by atoms with E-state index in [2.05, 4.69) is 65.4 Å². The molecule has 1 aliphatic rings. The quantitative estimate of drug-likeness (QED) is 0.279. The summed E-state index contributed by atoms with van der Waals surface area (Å²) in [6.45, 7) is 11.8. The van der Waals surface area contributed by atoms with Crippen molar-refractivity contribution < 1.29 is 14.3 Å². The monoisotopic (exact) mass is 552 g/mol. The molecule has 0 N–H and O–H groups in total. The lowest BCUT2D eigenvalue weighted by Gasteiger charge is -2.29. The van der Waals surface area contributed by atoms with Gasteiger partial charge in [0, 0.05) is 12.1 Å². The number of hydrogen-bond acceptors (Lipinski definition) is 4. The molecule has 1 aromatic heterocycles. The summed E-state index contributed by atoms with van der Waals surface area (Å²) in [6, 6.07) is 10.5. The third-order valence-corrected chi connectivity index (χ3v) is 6.98. The molecule has 3 rings (SSSR count). The Bertz CT molecular complexity index is 878. The Morgan fingerprint density at radius 2 is 1.75 bits per heavy atom. The van der Waals surface area contributed by atoms with E-state index in [9.17, 15) is 4.79 Å². The van der Waals surface area contributed by atoms with Gasteiger partial charge in [-0.2, -0.15) is 5.10 Å². The summed E-state index contributed by atoms with van der Waals surface area (Å²) >= 11 is 2.47. The predicted molar refractivity (Wildman–Crippen MR) is 137 cm³/mol. The van der Waals surface area contributed by atoms with Crippen molar-refractivity contribution in [1.29, 1.82) is 0 Å². The van der Waals surface area contributed by atoms with Crippen molar-refractivity contribution in [3.63, 3.8) is 0 Å². The van der Waals surface area contributed by atoms with Crippen LogP contribution in [0.5, 0.6) is 0 Å². The van der Waals surface area contributed by atoms with Crippen LogP contribution in [0, 0.1) is 15.4 Å². The second-order valence-corrected chi connectivity index (χ2v) is 11.3. The number of nitrogens with zero attached hydrogens (tertiary/aromatic N) is 2. The molecule has 0 unspecified atom stereocenters. The number of benzene rings is 1. The fraction of sp³-hybridized carbons (Fsp3) is 0.615. The zero-order valence-electron chi connectivity index (χ0n) is 20.1. The molecular weight excluding hydrogens is 515 g/mol. The maximum absolute atomic E-state index is 11.8. The minimum atomic E-state index is -0.460. The maximum atomic E-state index is 11.8. The topological polar surface area (TPSA) is 53.4 Å². The molecule has 1 saturated carbocycles. The van der Waals surface area contributed by atoms with Crippen molar-refractivity contribution in [2.24, 2.45) is 11.8 Å². The van der Waals surface area contributed by atoms with Gasteiger partial charge in [-0.15, -0.1) is 0 Å². The lowest BCUT2D eigenvalue weighted by Crippen LogP contribution is -2.28. The SMILES string of the molecule is CC(C)c1c(I)c(-c2ccccc2)nn1C[C@H]1CC[C@H](COCC(=O)OC(C)(C)C)CC1. The van der Waals surface area contributed by atoms with E-state index >= 15 is 0 Å². The van der Waals surface area contributed by atoms with Crippen LogP contribution in [0.25, 0.3) is 11.3 Å². The lowest BCUT2D eigenvalue weighted by molar-refractivity contribution is -0.160. The molecule has 0 spiro atoms. The highest BCUT2D eigenvalue weighted by molar-refractivity contribution is 14.1. The van der Waals surface area contributed by atoms with Gasteiger partial charge in [0.1, 0.15) is 17.9 Å². The average molecular weight is 552 g/mol. The van der Waals surface area contributed by atoms with E-state index in [1.807, 2.05) is 26.8 Å². The maximum Gasteiger partial charge on any atom is 0.332 e. The van der Waals surface area contributed by atoms with Crippen molar-refractivity contribution in [2.45, 2.75) is 78.4 Å². The molecule has 0 saturated heterocycles. The molecular formula is C26H37IN2O3. The number of aromatic nitrogens is 2. The number of carbonyl (C=O) groups is 1. The highest BCUT2D eigenvalue weighted by Crippen LogP contribution is 2.34. The molecule has 0 amide bonds. The fourth-order valence-corrected chi connectivity index (χ4v) is 5.75. The predicted octanol–water partition coefficient (Wildman–Crippen LogP) is 6.44. The van der Waals surface area contributed by atoms with Crippen LogP contribution >= 0.6 is 22.6 Å². The summed E-state index contributed by atoms with van der Waals surface area (Å²) in [4.78, 5) is 11.8. The van der Waals surface area contributed by atoms with Gasteiger partial charge in [0.2, 0.25) is 0 Å². The van der Waals surface area contributed by atoms with Crippen molar-refractivity contribution in [2.75, 3.05) is 13.2 Å². The third-order valence-electron chi connectivity index (χ3n) is 5.92. The van der Waals surface area contributed by atoms with Gasteiger partial charge in [-0.1, -0.05) is 44.2 Å². The number of rotatable bonds is 8. The van der Waals surface area contributed by atoms with Crippen LogP contribution in [0.2, 0.25) is 0 Å². The van der Waals surface area contributed by atoms with Crippen molar-refractivity contribution >= 4 is 28.6 Å². The molecule has 176 valence electrons. The Morgan fingerprint density at radius 3 is 2.34 bits per heavy atom. The van der Waals surface area contributed by atoms with Gasteiger partial charge in [-0.3, -0.25) is 4.68 Å². The van der Waals surface area contributed by atoms with E-state index in [1.165, 1.54) is 27.7 Å². The van der Waals surface area contributed by atoms with Crippen LogP contribution in [0.4, 0.5) is 0 Å². The largest absolute Gasteiger partial charge is 0.458 e. The van der Waals surface area contributed by atoms with Gasteiger partial charge in [0.25, 0.3) is 0 Å². The number of hydrogen-bond donors (Lipinski definition) is 0. The van der Waals surface area contributed by atoms with Gasteiger partial charge >= 0.3 is 5.97 Å². The van der Waals surface area contributed by atoms with Crippen molar-refractivity contribution in [3.8, 4) is 11.3 Å². The Hall–Kier alpha value is -1.41. The van der Waals surface area contributed by atoms with E-state index in [4.69, 9.17) is 14.6 Å². The molecule has 0 aliphatic heterocycles. The number of halogens is 1. The Balaban J connectivity index is 1.53. The lowest BCUT2D eigenvalue weighted by atomic mass is 9.82. The summed E-state index contributed by atoms with van der Waals surface area (Å²) in [6.07, 6.45) is 4.63. The molecule has 32 heavy (non-hydrogen) atoms. The van der Waals surface area contributed by atoms with E-state index < -0.39 is 5.60 Å². The Morgan fingerprint density at radius 1 is 1.12 bits per heavy atom. The van der Waals surface area contributed by atoms with Gasteiger partial charge in [0.05, 0.1) is 15.9 Å². The van der Waals surface area contributed by atoms with Gasteiger partial charge in [0.15, 0.2) is 0 Å². The van der Waals surface area contributed by atoms with Crippen LogP contribution in [0.3, 0.4) is 0 Å². The van der Waals surface area contributed by atoms with E-state index in [-0.39, 0.29) is 12.6 Å². The molecule has 0 atom stereocenters. The normalized spacial score (nSPS) is 19.3. The highest BCUT2D eigenvalue weighted by Gasteiger charge is 2.26. The van der Waals surface area contributed by atoms with Gasteiger partial charge in [-0.25, -0.2) is 4.79 Å². The average Bonchev–Trinajstić information content (AvgIpc) is 3.04. The number of esters is 1. The second-order valence-electron chi connectivity index (χ2n) is 10.2. The van der Waals surface area contributed by atoms with E-state index in [0.29, 0.717) is 24.4 Å². The van der Waals surface area contributed by atoms with Crippen LogP contribution in [0.1, 0.15) is 71.9 Å². The number of carbonyl (C=O) groups excluding carboxylic acids is 1. The zero-order chi connectivity index (χ0) is 23.3. The first-order valence-electron chi connectivity index (χ1n) is 11.7. The van der Waals surface area contributed by atoms with Crippen molar-refractivity contribution in [3.05, 3.63) is 39.6 Å². The fourth-order valence-electron chi connectivity index (χ4n) is 4.43. The molecule has 1 fully saturated rings. The minimum absolute atomic E-state index is 0.0446. The van der Waals surface area contributed by atoms with Crippen LogP contribution in [-0.2, 0) is 20.8 Å². The zero-order valence-corrected chi connectivity index (χ0v) is 22.2. The molecule has 1 heterocycles. The molecule has 0 bridgehead atoms. The summed E-state index contributed by atoms with van der Waals surface area (Å²) in [5.74, 6) is 1.31. The first kappa shape index (κ1) is 25.2. The molecule has 6 heteroatoms. The first-order valence-corrected chi connectivity index (χ1v) is 12.8. The summed E-state index contributed by atoms with van der Waals surface area (Å²) in [5.41, 5.74) is 3.16. The molecule has 5 nitrogen and oxygen atoms in total. The highest BCUT2D eigenvalue weighted by atomic mass is 127. The van der Waals surface area contributed by atoms with E-state index in [0.717, 1.165) is 25.1 Å². The minimum Gasteiger partial charge on any atom is -0.458 e. The Labute approximate surface area is 206 Å². The van der Waals surface area contributed by atoms with E-state index in [1.54, 1.807) is 0 Å². The van der Waals surface area contributed by atoms with Crippen molar-refractivity contribution in [1.82, 2.24) is 9.78 Å². The first-order chi connectivity index (χ1) is 15.1. The number of ether oxygens (including phenoxy) is 2. The van der Waals surface area contributed by atoms with Crippen LogP contribution < -0.4 is 0 Å². The third kappa shape index (κ3) is 7.04. The Kier molecular flexibility index (Phi) is 8.78. The standard InChI is InChI=1S/C26H37IN2O3/c1-18(2)25-23(27)24(21-9-7-6-8-10-21)28-29(25)15-19-11-13-20(14-12-19)16-31-17-22(30)32-26(3,4)5/h6-10,18-20H,11-17H2,1-5H3/t19-,20-. The molecule has 0 radical (unpaired) electrons.